The Morgan fingerprint density at radius 3 is 2.90 bits per heavy atom. The molecule has 0 radical (unpaired) electrons. The summed E-state index contributed by atoms with van der Waals surface area (Å²) >= 11 is 0. The van der Waals surface area contributed by atoms with Gasteiger partial charge in [-0.3, -0.25) is 9.78 Å². The zero-order valence-corrected chi connectivity index (χ0v) is 11.1. The standard InChI is InChI=1S/C17H16N2O/c20-12-4-10-19-11-8-14-5-1-2-7-16(14)17(19)15-6-3-9-18-13-15/h1-7,9-10,12-13,17H,8,11H2. The van der Waals surface area contributed by atoms with Gasteiger partial charge in [-0.05, 0) is 35.3 Å². The van der Waals surface area contributed by atoms with Gasteiger partial charge in [0.15, 0.2) is 0 Å². The van der Waals surface area contributed by atoms with Crippen LogP contribution in [0.25, 0.3) is 0 Å². The van der Waals surface area contributed by atoms with E-state index in [1.807, 2.05) is 18.5 Å². The monoisotopic (exact) mass is 264 g/mol. The first-order valence-electron chi connectivity index (χ1n) is 6.75. The average Bonchev–Trinajstić information content (AvgIpc) is 2.53. The third-order valence-electron chi connectivity index (χ3n) is 3.68. The van der Waals surface area contributed by atoms with E-state index in [0.29, 0.717) is 0 Å². The zero-order chi connectivity index (χ0) is 13.8. The Morgan fingerprint density at radius 2 is 2.10 bits per heavy atom. The number of pyridine rings is 1. The van der Waals surface area contributed by atoms with Crippen molar-refractivity contribution < 1.29 is 4.79 Å². The molecule has 1 aromatic heterocycles. The van der Waals surface area contributed by atoms with E-state index in [9.17, 15) is 4.79 Å². The maximum Gasteiger partial charge on any atom is 0.144 e. The highest BCUT2D eigenvalue weighted by Gasteiger charge is 2.26. The molecular formula is C17H16N2O. The lowest BCUT2D eigenvalue weighted by Gasteiger charge is -2.36. The van der Waals surface area contributed by atoms with E-state index < -0.39 is 0 Å². The largest absolute Gasteiger partial charge is 0.366 e. The van der Waals surface area contributed by atoms with E-state index in [4.69, 9.17) is 0 Å². The lowest BCUT2D eigenvalue weighted by molar-refractivity contribution is -0.104. The number of nitrogens with zero attached hydrogens (tertiary/aromatic N) is 2. The van der Waals surface area contributed by atoms with Crippen LogP contribution in [0.1, 0.15) is 22.7 Å². The number of fused-ring (bicyclic) bond motifs is 1. The van der Waals surface area contributed by atoms with E-state index >= 15 is 0 Å². The molecule has 0 N–H and O–H groups in total. The van der Waals surface area contributed by atoms with Crippen LogP contribution in [0.2, 0.25) is 0 Å². The SMILES string of the molecule is O=CC=CN1CCc2ccccc2C1c1cccnc1. The van der Waals surface area contributed by atoms with Crippen LogP contribution >= 0.6 is 0 Å². The van der Waals surface area contributed by atoms with Crippen LogP contribution in [-0.4, -0.2) is 22.7 Å². The Bertz CT molecular complexity index is 622. The highest BCUT2D eigenvalue weighted by molar-refractivity contribution is 5.64. The minimum absolute atomic E-state index is 0.129. The molecule has 1 aromatic carbocycles. The van der Waals surface area contributed by atoms with Crippen molar-refractivity contribution in [1.82, 2.24) is 9.88 Å². The van der Waals surface area contributed by atoms with Gasteiger partial charge in [-0.15, -0.1) is 0 Å². The number of carbonyl (C=O) groups is 1. The lowest BCUT2D eigenvalue weighted by Crippen LogP contribution is -2.32. The summed E-state index contributed by atoms with van der Waals surface area (Å²) in [5, 5.41) is 0. The number of rotatable bonds is 3. The van der Waals surface area contributed by atoms with Crippen LogP contribution in [0.15, 0.2) is 61.1 Å². The normalized spacial score (nSPS) is 18.0. The maximum atomic E-state index is 10.6. The number of benzene rings is 1. The van der Waals surface area contributed by atoms with Crippen molar-refractivity contribution in [3.05, 3.63) is 77.8 Å². The molecule has 0 bridgehead atoms. The fraction of sp³-hybridized carbons (Fsp3) is 0.176. The van der Waals surface area contributed by atoms with Gasteiger partial charge < -0.3 is 4.90 Å². The molecule has 20 heavy (non-hydrogen) atoms. The summed E-state index contributed by atoms with van der Waals surface area (Å²) in [6.07, 6.45) is 8.92. The van der Waals surface area contributed by atoms with Crippen LogP contribution in [0, 0.1) is 0 Å². The van der Waals surface area contributed by atoms with Crippen LogP contribution in [0.3, 0.4) is 0 Å². The van der Waals surface area contributed by atoms with Gasteiger partial charge in [0.1, 0.15) is 6.29 Å². The number of aromatic nitrogens is 1. The molecule has 0 aliphatic carbocycles. The smallest absolute Gasteiger partial charge is 0.144 e. The molecule has 3 nitrogen and oxygen atoms in total. The number of carbonyl (C=O) groups excluding carboxylic acids is 1. The minimum atomic E-state index is 0.129. The van der Waals surface area contributed by atoms with E-state index in [-0.39, 0.29) is 6.04 Å². The Labute approximate surface area is 118 Å². The fourth-order valence-electron chi connectivity index (χ4n) is 2.80. The highest BCUT2D eigenvalue weighted by atomic mass is 16.1. The summed E-state index contributed by atoms with van der Waals surface area (Å²) in [5.74, 6) is 0. The third-order valence-corrected chi connectivity index (χ3v) is 3.68. The molecule has 3 heteroatoms. The van der Waals surface area contributed by atoms with Crippen molar-refractivity contribution in [3.8, 4) is 0 Å². The van der Waals surface area contributed by atoms with Crippen molar-refractivity contribution in [2.75, 3.05) is 6.54 Å². The highest BCUT2D eigenvalue weighted by Crippen LogP contribution is 2.34. The molecule has 1 atom stereocenters. The molecule has 0 saturated carbocycles. The fourth-order valence-corrected chi connectivity index (χ4v) is 2.80. The van der Waals surface area contributed by atoms with Crippen LogP contribution in [0.4, 0.5) is 0 Å². The van der Waals surface area contributed by atoms with E-state index in [2.05, 4.69) is 40.2 Å². The zero-order valence-electron chi connectivity index (χ0n) is 11.1. The summed E-state index contributed by atoms with van der Waals surface area (Å²) in [5.41, 5.74) is 3.81. The summed E-state index contributed by atoms with van der Waals surface area (Å²) < 4.78 is 0. The molecule has 1 aliphatic rings. The van der Waals surface area contributed by atoms with E-state index in [1.54, 1.807) is 12.3 Å². The summed E-state index contributed by atoms with van der Waals surface area (Å²) in [6, 6.07) is 12.7. The van der Waals surface area contributed by atoms with Crippen molar-refractivity contribution in [3.63, 3.8) is 0 Å². The molecular weight excluding hydrogens is 248 g/mol. The van der Waals surface area contributed by atoms with Crippen LogP contribution in [-0.2, 0) is 11.2 Å². The van der Waals surface area contributed by atoms with Crippen molar-refractivity contribution in [2.45, 2.75) is 12.5 Å². The first-order chi connectivity index (χ1) is 9.90. The quantitative estimate of drug-likeness (QED) is 0.631. The summed E-state index contributed by atoms with van der Waals surface area (Å²) in [6.45, 7) is 0.904. The van der Waals surface area contributed by atoms with Gasteiger partial charge in [0.25, 0.3) is 0 Å². The van der Waals surface area contributed by atoms with Gasteiger partial charge in [-0.1, -0.05) is 30.3 Å². The lowest BCUT2D eigenvalue weighted by atomic mass is 9.89. The number of aldehydes is 1. The molecule has 0 saturated heterocycles. The third kappa shape index (κ3) is 2.35. The molecule has 3 rings (SSSR count). The molecule has 1 unspecified atom stereocenters. The molecule has 0 fully saturated rings. The Kier molecular flexibility index (Phi) is 3.59. The van der Waals surface area contributed by atoms with Crippen LogP contribution < -0.4 is 0 Å². The predicted molar refractivity (Wildman–Crippen MR) is 78.1 cm³/mol. The Hall–Kier alpha value is -2.42. The molecule has 2 aromatic rings. The van der Waals surface area contributed by atoms with Gasteiger partial charge in [-0.2, -0.15) is 0 Å². The average molecular weight is 264 g/mol. The first kappa shape index (κ1) is 12.6. The first-order valence-corrected chi connectivity index (χ1v) is 6.75. The second-order valence-electron chi connectivity index (χ2n) is 4.85. The Morgan fingerprint density at radius 1 is 1.20 bits per heavy atom. The molecule has 1 aliphatic heterocycles. The second-order valence-corrected chi connectivity index (χ2v) is 4.85. The summed E-state index contributed by atoms with van der Waals surface area (Å²) in [7, 11) is 0. The van der Waals surface area contributed by atoms with Crippen molar-refractivity contribution in [1.29, 1.82) is 0 Å². The molecule has 0 spiro atoms. The van der Waals surface area contributed by atoms with Crippen LogP contribution in [0.5, 0.6) is 0 Å². The summed E-state index contributed by atoms with van der Waals surface area (Å²) in [4.78, 5) is 17.0. The minimum Gasteiger partial charge on any atom is -0.366 e. The predicted octanol–water partition coefficient (Wildman–Crippen LogP) is 2.74. The number of hydrogen-bond acceptors (Lipinski definition) is 3. The number of allylic oxidation sites excluding steroid dienone is 1. The second kappa shape index (κ2) is 5.70. The van der Waals surface area contributed by atoms with Gasteiger partial charge in [0, 0.05) is 25.1 Å². The topological polar surface area (TPSA) is 33.2 Å². The number of hydrogen-bond donors (Lipinski definition) is 0. The molecule has 0 amide bonds. The van der Waals surface area contributed by atoms with Gasteiger partial charge in [0.2, 0.25) is 0 Å². The van der Waals surface area contributed by atoms with Gasteiger partial charge in [0.05, 0.1) is 6.04 Å². The van der Waals surface area contributed by atoms with Gasteiger partial charge in [-0.25, -0.2) is 0 Å². The Balaban J connectivity index is 2.07. The molecule has 2 heterocycles. The van der Waals surface area contributed by atoms with E-state index in [0.717, 1.165) is 24.8 Å². The van der Waals surface area contributed by atoms with Crippen molar-refractivity contribution >= 4 is 6.29 Å². The maximum absolute atomic E-state index is 10.6. The molecule has 100 valence electrons. The van der Waals surface area contributed by atoms with Crippen molar-refractivity contribution in [2.24, 2.45) is 0 Å². The van der Waals surface area contributed by atoms with Gasteiger partial charge >= 0.3 is 0 Å². The van der Waals surface area contributed by atoms with E-state index in [1.165, 1.54) is 11.1 Å².